The molecule has 0 unspecified atom stereocenters. The van der Waals surface area contributed by atoms with Crippen molar-refractivity contribution < 1.29 is 14.4 Å². The molecule has 1 aliphatic heterocycles. The summed E-state index contributed by atoms with van der Waals surface area (Å²) in [7, 11) is 3.96. The van der Waals surface area contributed by atoms with E-state index in [4.69, 9.17) is 0 Å². The second-order valence-corrected chi connectivity index (χ2v) is 6.62. The minimum absolute atomic E-state index is 0.0168. The Morgan fingerprint density at radius 1 is 1.08 bits per heavy atom. The average molecular weight is 361 g/mol. The molecule has 2 rings (SSSR count). The second kappa shape index (κ2) is 9.28. The lowest BCUT2D eigenvalue weighted by atomic mass is 10.2. The Morgan fingerprint density at radius 2 is 1.69 bits per heavy atom. The van der Waals surface area contributed by atoms with E-state index in [9.17, 15) is 14.4 Å². The van der Waals surface area contributed by atoms with E-state index in [0.29, 0.717) is 32.7 Å². The highest BCUT2D eigenvalue weighted by Crippen LogP contribution is 2.08. The molecule has 3 amide bonds. The molecule has 0 spiro atoms. The van der Waals surface area contributed by atoms with Gasteiger partial charge in [0.1, 0.15) is 11.4 Å². The second-order valence-electron chi connectivity index (χ2n) is 6.62. The summed E-state index contributed by atoms with van der Waals surface area (Å²) in [6, 6.07) is 4.88. The summed E-state index contributed by atoms with van der Waals surface area (Å²) >= 11 is 0. The number of nitrogens with zero attached hydrogens (tertiary/aromatic N) is 4. The number of piperazine rings is 1. The fourth-order valence-electron chi connectivity index (χ4n) is 2.75. The Kier molecular flexibility index (Phi) is 7.08. The van der Waals surface area contributed by atoms with E-state index >= 15 is 0 Å². The number of rotatable bonds is 6. The maximum atomic E-state index is 12.6. The van der Waals surface area contributed by atoms with Gasteiger partial charge in [0.25, 0.3) is 11.8 Å². The van der Waals surface area contributed by atoms with Gasteiger partial charge in [-0.25, -0.2) is 4.98 Å². The van der Waals surface area contributed by atoms with Gasteiger partial charge in [0.05, 0.1) is 0 Å². The Morgan fingerprint density at radius 3 is 2.31 bits per heavy atom. The van der Waals surface area contributed by atoms with Gasteiger partial charge in [-0.05, 0) is 39.2 Å². The van der Waals surface area contributed by atoms with Crippen molar-refractivity contribution in [2.75, 3.05) is 53.4 Å². The molecule has 8 heteroatoms. The first-order valence-corrected chi connectivity index (χ1v) is 8.83. The highest BCUT2D eigenvalue weighted by molar-refractivity contribution is 5.96. The zero-order valence-electron chi connectivity index (χ0n) is 15.7. The topological polar surface area (TPSA) is 85.8 Å². The van der Waals surface area contributed by atoms with Gasteiger partial charge in [0, 0.05) is 39.6 Å². The molecule has 0 radical (unpaired) electrons. The van der Waals surface area contributed by atoms with Gasteiger partial charge >= 0.3 is 0 Å². The molecule has 1 fully saturated rings. The number of carbonyl (C=O) groups excluding carboxylic acids is 3. The van der Waals surface area contributed by atoms with Gasteiger partial charge < -0.3 is 20.0 Å². The third-order valence-electron chi connectivity index (χ3n) is 4.28. The van der Waals surface area contributed by atoms with E-state index in [2.05, 4.69) is 15.2 Å². The molecular weight excluding hydrogens is 334 g/mol. The number of nitrogens with one attached hydrogen (secondary N) is 1. The van der Waals surface area contributed by atoms with Gasteiger partial charge in [-0.2, -0.15) is 0 Å². The minimum atomic E-state index is -0.278. The molecule has 8 nitrogen and oxygen atoms in total. The van der Waals surface area contributed by atoms with Crippen LogP contribution in [0.5, 0.6) is 0 Å². The fourth-order valence-corrected chi connectivity index (χ4v) is 2.75. The molecule has 1 saturated heterocycles. The predicted octanol–water partition coefficient (Wildman–Crippen LogP) is 0.0674. The zero-order chi connectivity index (χ0) is 19.1. The van der Waals surface area contributed by atoms with Gasteiger partial charge in [-0.15, -0.1) is 0 Å². The van der Waals surface area contributed by atoms with E-state index in [-0.39, 0.29) is 29.1 Å². The van der Waals surface area contributed by atoms with E-state index < -0.39 is 0 Å². The Labute approximate surface area is 154 Å². The lowest BCUT2D eigenvalue weighted by molar-refractivity contribution is -0.130. The van der Waals surface area contributed by atoms with Crippen molar-refractivity contribution in [3.8, 4) is 0 Å². The smallest absolute Gasteiger partial charge is 0.272 e. The number of hydrogen-bond donors (Lipinski definition) is 1. The number of amides is 3. The zero-order valence-corrected chi connectivity index (χ0v) is 15.7. The molecule has 0 bridgehead atoms. The number of hydrogen-bond acceptors (Lipinski definition) is 5. The number of carbonyl (C=O) groups is 3. The van der Waals surface area contributed by atoms with E-state index in [1.807, 2.05) is 14.1 Å². The summed E-state index contributed by atoms with van der Waals surface area (Å²) in [5, 5.41) is 2.82. The van der Waals surface area contributed by atoms with Crippen LogP contribution >= 0.6 is 0 Å². The maximum absolute atomic E-state index is 12.6. The third kappa shape index (κ3) is 5.52. The van der Waals surface area contributed by atoms with Crippen LogP contribution in [-0.2, 0) is 4.79 Å². The van der Waals surface area contributed by atoms with Crippen LogP contribution in [0.4, 0.5) is 0 Å². The van der Waals surface area contributed by atoms with Crippen LogP contribution in [-0.4, -0.2) is 90.8 Å². The molecule has 1 aromatic rings. The molecule has 1 aliphatic rings. The minimum Gasteiger partial charge on any atom is -0.351 e. The standard InChI is InChI=1S/C18H27N5O3/c1-14(24)22-10-12-23(13-11-22)18(26)16-7-4-6-15(20-16)17(25)19-8-5-9-21(2)3/h4,6-7H,5,8-13H2,1-3H3,(H,19,25). The quantitative estimate of drug-likeness (QED) is 0.725. The van der Waals surface area contributed by atoms with Gasteiger partial charge in [0.2, 0.25) is 5.91 Å². The van der Waals surface area contributed by atoms with Crippen molar-refractivity contribution in [1.82, 2.24) is 25.0 Å². The van der Waals surface area contributed by atoms with E-state index in [0.717, 1.165) is 13.0 Å². The summed E-state index contributed by atoms with van der Waals surface area (Å²) in [5.74, 6) is -0.474. The SMILES string of the molecule is CC(=O)N1CCN(C(=O)c2cccc(C(=O)NCCCN(C)C)n2)CC1. The van der Waals surface area contributed by atoms with Crippen LogP contribution in [0.15, 0.2) is 18.2 Å². The molecule has 0 aromatic carbocycles. The van der Waals surface area contributed by atoms with Gasteiger partial charge in [-0.1, -0.05) is 6.07 Å². The van der Waals surface area contributed by atoms with E-state index in [1.54, 1.807) is 28.0 Å². The molecule has 142 valence electrons. The van der Waals surface area contributed by atoms with Crippen molar-refractivity contribution >= 4 is 17.7 Å². The predicted molar refractivity (Wildman–Crippen MR) is 97.9 cm³/mol. The normalized spacial score (nSPS) is 14.5. The van der Waals surface area contributed by atoms with Crippen LogP contribution in [0, 0.1) is 0 Å². The summed E-state index contributed by atoms with van der Waals surface area (Å²) in [5.41, 5.74) is 0.491. The average Bonchev–Trinajstić information content (AvgIpc) is 2.64. The highest BCUT2D eigenvalue weighted by Gasteiger charge is 2.24. The fraction of sp³-hybridized carbons (Fsp3) is 0.556. The molecule has 0 atom stereocenters. The molecular formula is C18H27N5O3. The van der Waals surface area contributed by atoms with Crippen LogP contribution < -0.4 is 5.32 Å². The van der Waals surface area contributed by atoms with Crippen molar-refractivity contribution in [3.05, 3.63) is 29.6 Å². The summed E-state index contributed by atoms with van der Waals surface area (Å²) < 4.78 is 0. The maximum Gasteiger partial charge on any atom is 0.272 e. The lowest BCUT2D eigenvalue weighted by Crippen LogP contribution is -2.50. The van der Waals surface area contributed by atoms with Gasteiger partial charge in [-0.3, -0.25) is 14.4 Å². The Bertz CT molecular complexity index is 654. The lowest BCUT2D eigenvalue weighted by Gasteiger charge is -2.34. The van der Waals surface area contributed by atoms with Crippen molar-refractivity contribution in [2.24, 2.45) is 0 Å². The van der Waals surface area contributed by atoms with Gasteiger partial charge in [0.15, 0.2) is 0 Å². The van der Waals surface area contributed by atoms with Crippen LogP contribution in [0.2, 0.25) is 0 Å². The summed E-state index contributed by atoms with van der Waals surface area (Å²) in [6.45, 7) is 4.96. The largest absolute Gasteiger partial charge is 0.351 e. The molecule has 0 saturated carbocycles. The molecule has 26 heavy (non-hydrogen) atoms. The summed E-state index contributed by atoms with van der Waals surface area (Å²) in [4.78, 5) is 45.8. The third-order valence-corrected chi connectivity index (χ3v) is 4.28. The molecule has 1 N–H and O–H groups in total. The van der Waals surface area contributed by atoms with Crippen molar-refractivity contribution in [2.45, 2.75) is 13.3 Å². The molecule has 2 heterocycles. The monoisotopic (exact) mass is 361 g/mol. The number of aromatic nitrogens is 1. The first kappa shape index (κ1) is 19.8. The Balaban J connectivity index is 1.92. The number of pyridine rings is 1. The first-order valence-electron chi connectivity index (χ1n) is 8.83. The van der Waals surface area contributed by atoms with Crippen LogP contribution in [0.1, 0.15) is 34.3 Å². The van der Waals surface area contributed by atoms with Crippen molar-refractivity contribution in [3.63, 3.8) is 0 Å². The van der Waals surface area contributed by atoms with Crippen LogP contribution in [0.25, 0.3) is 0 Å². The Hall–Kier alpha value is -2.48. The molecule has 1 aromatic heterocycles. The highest BCUT2D eigenvalue weighted by atomic mass is 16.2. The van der Waals surface area contributed by atoms with E-state index in [1.165, 1.54) is 6.92 Å². The summed E-state index contributed by atoms with van der Waals surface area (Å²) in [6.07, 6.45) is 0.845. The molecule has 0 aliphatic carbocycles. The van der Waals surface area contributed by atoms with Crippen molar-refractivity contribution in [1.29, 1.82) is 0 Å². The van der Waals surface area contributed by atoms with Crippen LogP contribution in [0.3, 0.4) is 0 Å². The first-order chi connectivity index (χ1) is 12.4.